The van der Waals surface area contributed by atoms with Crippen LogP contribution in [0.2, 0.25) is 0 Å². The third kappa shape index (κ3) is 45.7. The first-order valence-electron chi connectivity index (χ1n) is 7.21. The number of carbonyl (C=O) groups excluding carboxylic acids is 3. The highest BCUT2D eigenvalue weighted by Crippen LogP contribution is 1.86. The van der Waals surface area contributed by atoms with Crippen molar-refractivity contribution in [3.8, 4) is 0 Å². The predicted molar refractivity (Wildman–Crippen MR) is 80.8 cm³/mol. The van der Waals surface area contributed by atoms with E-state index in [-0.39, 0.29) is 17.9 Å². The van der Waals surface area contributed by atoms with Gasteiger partial charge < -0.3 is 14.2 Å². The van der Waals surface area contributed by atoms with Crippen LogP contribution in [-0.2, 0) is 28.6 Å². The minimum atomic E-state index is -0.211. The molecule has 0 saturated heterocycles. The van der Waals surface area contributed by atoms with E-state index in [1.54, 1.807) is 6.92 Å². The molecule has 0 fully saturated rings. The smallest absolute Gasteiger partial charge is 0.302 e. The second-order valence-corrected chi connectivity index (χ2v) is 3.96. The van der Waals surface area contributed by atoms with Gasteiger partial charge in [-0.2, -0.15) is 0 Å². The van der Waals surface area contributed by atoms with Gasteiger partial charge in [-0.1, -0.05) is 20.3 Å². The van der Waals surface area contributed by atoms with Gasteiger partial charge in [-0.05, 0) is 19.8 Å². The van der Waals surface area contributed by atoms with Gasteiger partial charge in [0.05, 0.1) is 19.8 Å². The first kappa shape index (κ1) is 24.4. The lowest BCUT2D eigenvalue weighted by atomic mass is 10.4. The molecule has 6 heteroatoms. The number of hydrogen-bond acceptors (Lipinski definition) is 6. The molecule has 126 valence electrons. The molecule has 0 radical (unpaired) electrons. The number of esters is 3. The Bertz CT molecular complexity index is 263. The summed E-state index contributed by atoms with van der Waals surface area (Å²) in [4.78, 5) is 29.9. The maximum absolute atomic E-state index is 10.1. The maximum atomic E-state index is 10.1. The minimum Gasteiger partial charge on any atom is -0.466 e. The van der Waals surface area contributed by atoms with Crippen LogP contribution in [-0.4, -0.2) is 37.7 Å². The SMILES string of the molecule is CCCCOC(C)=O.CCCOC(C)=O.CCOC(C)=O. The Hall–Kier alpha value is -1.59. The van der Waals surface area contributed by atoms with E-state index in [1.165, 1.54) is 20.8 Å². The molecule has 0 aliphatic carbocycles. The van der Waals surface area contributed by atoms with Crippen molar-refractivity contribution in [3.05, 3.63) is 0 Å². The molecule has 0 heterocycles. The van der Waals surface area contributed by atoms with Crippen LogP contribution in [0.1, 0.15) is 60.8 Å². The van der Waals surface area contributed by atoms with Crippen molar-refractivity contribution in [1.29, 1.82) is 0 Å². The van der Waals surface area contributed by atoms with Gasteiger partial charge in [-0.15, -0.1) is 0 Å². The summed E-state index contributed by atoms with van der Waals surface area (Å²) in [6.07, 6.45) is 2.95. The van der Waals surface area contributed by atoms with Gasteiger partial charge in [0.1, 0.15) is 0 Å². The van der Waals surface area contributed by atoms with Gasteiger partial charge in [0, 0.05) is 20.8 Å². The molecule has 0 spiro atoms. The number of rotatable bonds is 6. The lowest BCUT2D eigenvalue weighted by Crippen LogP contribution is -1.99. The highest BCUT2D eigenvalue weighted by molar-refractivity contribution is 5.66. The highest BCUT2D eigenvalue weighted by Gasteiger charge is 1.88. The van der Waals surface area contributed by atoms with Crippen molar-refractivity contribution in [2.45, 2.75) is 60.8 Å². The molecule has 0 unspecified atom stereocenters. The van der Waals surface area contributed by atoms with Crippen molar-refractivity contribution in [2.75, 3.05) is 19.8 Å². The molecular formula is C15H30O6. The molecule has 0 N–H and O–H groups in total. The summed E-state index contributed by atoms with van der Waals surface area (Å²) < 4.78 is 13.6. The van der Waals surface area contributed by atoms with Crippen molar-refractivity contribution in [1.82, 2.24) is 0 Å². The second-order valence-electron chi connectivity index (χ2n) is 3.96. The van der Waals surface area contributed by atoms with Crippen LogP contribution in [0.15, 0.2) is 0 Å². The van der Waals surface area contributed by atoms with E-state index in [9.17, 15) is 14.4 Å². The van der Waals surface area contributed by atoms with Crippen LogP contribution in [0.5, 0.6) is 0 Å². The zero-order chi connectivity index (χ0) is 17.1. The van der Waals surface area contributed by atoms with Crippen LogP contribution in [0.25, 0.3) is 0 Å². The summed E-state index contributed by atoms with van der Waals surface area (Å²) in [7, 11) is 0. The van der Waals surface area contributed by atoms with Crippen LogP contribution < -0.4 is 0 Å². The van der Waals surface area contributed by atoms with Crippen molar-refractivity contribution in [2.24, 2.45) is 0 Å². The van der Waals surface area contributed by atoms with Gasteiger partial charge >= 0.3 is 17.9 Å². The Kier molecular flexibility index (Phi) is 24.1. The maximum Gasteiger partial charge on any atom is 0.302 e. The van der Waals surface area contributed by atoms with E-state index < -0.39 is 0 Å². The molecular weight excluding hydrogens is 276 g/mol. The minimum absolute atomic E-state index is 0.182. The fraction of sp³-hybridized carbons (Fsp3) is 0.800. The average molecular weight is 306 g/mol. The number of ether oxygens (including phenoxy) is 3. The normalized spacial score (nSPS) is 8.29. The van der Waals surface area contributed by atoms with Crippen LogP contribution in [0, 0.1) is 0 Å². The fourth-order valence-corrected chi connectivity index (χ4v) is 0.809. The van der Waals surface area contributed by atoms with E-state index in [1.807, 2.05) is 6.92 Å². The lowest BCUT2D eigenvalue weighted by molar-refractivity contribution is -0.141. The van der Waals surface area contributed by atoms with Crippen molar-refractivity contribution in [3.63, 3.8) is 0 Å². The largest absolute Gasteiger partial charge is 0.466 e. The summed E-state index contributed by atoms with van der Waals surface area (Å²) in [5, 5.41) is 0. The topological polar surface area (TPSA) is 78.9 Å². The Labute approximate surface area is 128 Å². The molecule has 0 amide bonds. The zero-order valence-corrected chi connectivity index (χ0v) is 14.2. The first-order chi connectivity index (χ1) is 9.81. The van der Waals surface area contributed by atoms with Gasteiger partial charge in [-0.3, -0.25) is 14.4 Å². The van der Waals surface area contributed by atoms with Crippen LogP contribution in [0.3, 0.4) is 0 Å². The van der Waals surface area contributed by atoms with Gasteiger partial charge in [0.15, 0.2) is 0 Å². The summed E-state index contributed by atoms with van der Waals surface area (Å²) in [5.74, 6) is -0.585. The summed E-state index contributed by atoms with van der Waals surface area (Å²) >= 11 is 0. The monoisotopic (exact) mass is 306 g/mol. The second kappa shape index (κ2) is 20.7. The van der Waals surface area contributed by atoms with Gasteiger partial charge in [0.2, 0.25) is 0 Å². The van der Waals surface area contributed by atoms with E-state index in [0.717, 1.165) is 19.3 Å². The van der Waals surface area contributed by atoms with E-state index in [0.29, 0.717) is 19.8 Å². The van der Waals surface area contributed by atoms with Crippen LogP contribution in [0.4, 0.5) is 0 Å². The molecule has 6 nitrogen and oxygen atoms in total. The Balaban J connectivity index is -0.000000234. The van der Waals surface area contributed by atoms with Gasteiger partial charge in [-0.25, -0.2) is 0 Å². The molecule has 0 aromatic heterocycles. The Morgan fingerprint density at radius 3 is 1.29 bits per heavy atom. The summed E-state index contributed by atoms with van der Waals surface area (Å²) in [6.45, 7) is 11.6. The van der Waals surface area contributed by atoms with Crippen LogP contribution >= 0.6 is 0 Å². The third-order valence-electron chi connectivity index (χ3n) is 1.66. The van der Waals surface area contributed by atoms with Gasteiger partial charge in [0.25, 0.3) is 0 Å². The third-order valence-corrected chi connectivity index (χ3v) is 1.66. The standard InChI is InChI=1S/C6H12O2.C5H10O2.C4H8O2/c1-3-4-5-8-6(2)7;1-3-4-7-5(2)6;1-3-6-4(2)5/h3-5H2,1-2H3;3-4H2,1-2H3;3H2,1-2H3. The molecule has 21 heavy (non-hydrogen) atoms. The Morgan fingerprint density at radius 2 is 1.10 bits per heavy atom. The average Bonchev–Trinajstić information content (AvgIpc) is 2.37. The van der Waals surface area contributed by atoms with E-state index in [4.69, 9.17) is 0 Å². The van der Waals surface area contributed by atoms with E-state index >= 15 is 0 Å². The highest BCUT2D eigenvalue weighted by atomic mass is 16.5. The summed E-state index contributed by atoms with van der Waals surface area (Å²) in [5.41, 5.74) is 0. The quantitative estimate of drug-likeness (QED) is 0.426. The zero-order valence-electron chi connectivity index (χ0n) is 14.2. The number of hydrogen-bond donors (Lipinski definition) is 0. The number of unbranched alkanes of at least 4 members (excludes halogenated alkanes) is 1. The fourth-order valence-electron chi connectivity index (χ4n) is 0.809. The molecule has 0 rings (SSSR count). The predicted octanol–water partition coefficient (Wildman–Crippen LogP) is 2.88. The molecule has 0 aromatic carbocycles. The molecule has 0 aromatic rings. The summed E-state index contributed by atoms with van der Waals surface area (Å²) in [6, 6.07) is 0. The van der Waals surface area contributed by atoms with Crippen molar-refractivity contribution < 1.29 is 28.6 Å². The molecule has 0 saturated carbocycles. The number of carbonyl (C=O) groups is 3. The molecule has 0 atom stereocenters. The van der Waals surface area contributed by atoms with Crippen molar-refractivity contribution >= 4 is 17.9 Å². The van der Waals surface area contributed by atoms with E-state index in [2.05, 4.69) is 21.1 Å². The molecule has 0 aliphatic rings. The lowest BCUT2D eigenvalue weighted by Gasteiger charge is -1.96. The molecule has 0 bridgehead atoms. The first-order valence-corrected chi connectivity index (χ1v) is 7.21. The molecule has 0 aliphatic heterocycles. The Morgan fingerprint density at radius 1 is 0.667 bits per heavy atom.